The normalized spacial score (nSPS) is 10.2. The first-order valence-electron chi connectivity index (χ1n) is 7.26. The van der Waals surface area contributed by atoms with Crippen molar-refractivity contribution in [1.29, 1.82) is 0 Å². The van der Waals surface area contributed by atoms with Gasteiger partial charge in [-0.1, -0.05) is 29.8 Å². The van der Waals surface area contributed by atoms with Gasteiger partial charge in [-0.25, -0.2) is 0 Å². The summed E-state index contributed by atoms with van der Waals surface area (Å²) in [6, 6.07) is 11.7. The molecule has 0 saturated heterocycles. The van der Waals surface area contributed by atoms with Crippen LogP contribution in [0.3, 0.4) is 0 Å². The van der Waals surface area contributed by atoms with Crippen LogP contribution < -0.4 is 10.1 Å². The third kappa shape index (κ3) is 4.29. The summed E-state index contributed by atoms with van der Waals surface area (Å²) in [4.78, 5) is 22.8. The van der Waals surface area contributed by atoms with Crippen molar-refractivity contribution in [2.75, 3.05) is 18.5 Å². The molecule has 2 aromatic rings. The molecular weight excluding hydrogens is 296 g/mol. The molecule has 0 radical (unpaired) electrons. The largest absolute Gasteiger partial charge is 0.494 e. The lowest BCUT2D eigenvalue weighted by Gasteiger charge is -2.09. The number of ether oxygens (including phenoxy) is 1. The summed E-state index contributed by atoms with van der Waals surface area (Å²) in [5, 5.41) is 14.0. The Hall–Kier alpha value is -2.89. The molecule has 0 saturated carbocycles. The number of nitro benzene ring substituents is 1. The van der Waals surface area contributed by atoms with E-state index in [4.69, 9.17) is 4.74 Å². The predicted octanol–water partition coefficient (Wildman–Crippen LogP) is 3.60. The highest BCUT2D eigenvalue weighted by Crippen LogP contribution is 2.29. The molecule has 0 unspecified atom stereocenters. The minimum absolute atomic E-state index is 0.0160. The summed E-state index contributed by atoms with van der Waals surface area (Å²) in [5.74, 6) is 0.294. The first-order chi connectivity index (χ1) is 11.0. The van der Waals surface area contributed by atoms with Crippen molar-refractivity contribution >= 4 is 17.2 Å². The molecule has 120 valence electrons. The van der Waals surface area contributed by atoms with Gasteiger partial charge in [0.1, 0.15) is 11.4 Å². The van der Waals surface area contributed by atoms with E-state index in [2.05, 4.69) is 5.32 Å². The van der Waals surface area contributed by atoms with Gasteiger partial charge in [0, 0.05) is 5.56 Å². The van der Waals surface area contributed by atoms with Crippen molar-refractivity contribution in [3.8, 4) is 5.75 Å². The molecule has 0 spiro atoms. The summed E-state index contributed by atoms with van der Waals surface area (Å²) in [5.41, 5.74) is 1.81. The third-order valence-corrected chi connectivity index (χ3v) is 3.29. The zero-order valence-electron chi connectivity index (χ0n) is 13.0. The minimum atomic E-state index is -0.499. The number of aryl methyl sites for hydroxylation is 1. The Morgan fingerprint density at radius 2 is 1.91 bits per heavy atom. The van der Waals surface area contributed by atoms with E-state index in [9.17, 15) is 14.9 Å². The second kappa shape index (κ2) is 7.40. The number of ketones is 1. The number of benzene rings is 2. The maximum absolute atomic E-state index is 12.1. The van der Waals surface area contributed by atoms with E-state index in [0.717, 1.165) is 5.56 Å². The fraction of sp³-hybridized carbons (Fsp3) is 0.235. The van der Waals surface area contributed by atoms with E-state index in [1.807, 2.05) is 19.1 Å². The molecule has 0 aromatic heterocycles. The number of nitrogens with one attached hydrogen (secondary N) is 1. The molecule has 2 rings (SSSR count). The molecule has 0 heterocycles. The molecular formula is C17H18N2O4. The number of anilines is 1. The highest BCUT2D eigenvalue weighted by atomic mass is 16.6. The molecule has 0 aliphatic rings. The highest BCUT2D eigenvalue weighted by Gasteiger charge is 2.16. The fourth-order valence-corrected chi connectivity index (χ4v) is 2.09. The molecule has 0 bridgehead atoms. The quantitative estimate of drug-likeness (QED) is 0.480. The van der Waals surface area contributed by atoms with Crippen molar-refractivity contribution in [3.63, 3.8) is 0 Å². The monoisotopic (exact) mass is 314 g/mol. The van der Waals surface area contributed by atoms with E-state index in [1.165, 1.54) is 6.07 Å². The smallest absolute Gasteiger partial charge is 0.296 e. The lowest BCUT2D eigenvalue weighted by atomic mass is 10.1. The first kappa shape index (κ1) is 16.5. The Balaban J connectivity index is 2.11. The third-order valence-electron chi connectivity index (χ3n) is 3.29. The fourth-order valence-electron chi connectivity index (χ4n) is 2.09. The average molecular weight is 314 g/mol. The van der Waals surface area contributed by atoms with E-state index in [-0.39, 0.29) is 18.0 Å². The van der Waals surface area contributed by atoms with Gasteiger partial charge in [0.05, 0.1) is 24.1 Å². The van der Waals surface area contributed by atoms with E-state index in [0.29, 0.717) is 23.6 Å². The van der Waals surface area contributed by atoms with Crippen LogP contribution >= 0.6 is 0 Å². The molecule has 0 atom stereocenters. The standard InChI is InChI=1S/C17H18N2O4/c1-3-23-14-8-9-15(16(10-14)19(21)22)18-11-17(20)13-6-4-12(2)5-7-13/h4-10,18H,3,11H2,1-2H3. The van der Waals surface area contributed by atoms with Crippen molar-refractivity contribution < 1.29 is 14.5 Å². The molecule has 6 heteroatoms. The van der Waals surface area contributed by atoms with Crippen LogP contribution in [0.2, 0.25) is 0 Å². The Morgan fingerprint density at radius 1 is 1.22 bits per heavy atom. The van der Waals surface area contributed by atoms with Crippen molar-refractivity contribution in [3.05, 3.63) is 63.7 Å². The number of nitro groups is 1. The summed E-state index contributed by atoms with van der Waals surface area (Å²) < 4.78 is 5.26. The second-order valence-electron chi connectivity index (χ2n) is 5.01. The van der Waals surface area contributed by atoms with Gasteiger partial charge in [0.15, 0.2) is 5.78 Å². The highest BCUT2D eigenvalue weighted by molar-refractivity contribution is 5.99. The van der Waals surface area contributed by atoms with Gasteiger partial charge in [-0.3, -0.25) is 14.9 Å². The number of carbonyl (C=O) groups excluding carboxylic acids is 1. The predicted molar refractivity (Wildman–Crippen MR) is 88.3 cm³/mol. The van der Waals surface area contributed by atoms with Crippen LogP contribution in [0.25, 0.3) is 0 Å². The molecule has 2 aromatic carbocycles. The topological polar surface area (TPSA) is 81.5 Å². The van der Waals surface area contributed by atoms with E-state index in [1.54, 1.807) is 31.2 Å². The molecule has 1 N–H and O–H groups in total. The zero-order valence-corrected chi connectivity index (χ0v) is 13.0. The second-order valence-corrected chi connectivity index (χ2v) is 5.01. The van der Waals surface area contributed by atoms with Gasteiger partial charge >= 0.3 is 0 Å². The van der Waals surface area contributed by atoms with Crippen LogP contribution in [0.4, 0.5) is 11.4 Å². The maximum atomic E-state index is 12.1. The summed E-state index contributed by atoms with van der Waals surface area (Å²) in [6.07, 6.45) is 0. The van der Waals surface area contributed by atoms with Crippen LogP contribution in [-0.2, 0) is 0 Å². The number of carbonyl (C=O) groups is 1. The Kier molecular flexibility index (Phi) is 5.30. The van der Waals surface area contributed by atoms with Crippen LogP contribution in [0.1, 0.15) is 22.8 Å². The van der Waals surface area contributed by atoms with Crippen LogP contribution in [0.15, 0.2) is 42.5 Å². The lowest BCUT2D eigenvalue weighted by Crippen LogP contribution is -2.14. The van der Waals surface area contributed by atoms with Crippen molar-refractivity contribution in [2.45, 2.75) is 13.8 Å². The Bertz CT molecular complexity index is 711. The molecule has 0 amide bonds. The number of hydrogen-bond donors (Lipinski definition) is 1. The summed E-state index contributed by atoms with van der Waals surface area (Å²) in [6.45, 7) is 4.15. The van der Waals surface area contributed by atoms with Crippen LogP contribution in [0, 0.1) is 17.0 Å². The molecule has 0 aliphatic heterocycles. The minimum Gasteiger partial charge on any atom is -0.494 e. The first-order valence-corrected chi connectivity index (χ1v) is 7.26. The zero-order chi connectivity index (χ0) is 16.8. The molecule has 23 heavy (non-hydrogen) atoms. The van der Waals surface area contributed by atoms with E-state index >= 15 is 0 Å². The van der Waals surface area contributed by atoms with Crippen molar-refractivity contribution in [1.82, 2.24) is 0 Å². The van der Waals surface area contributed by atoms with Gasteiger partial charge in [-0.05, 0) is 26.0 Å². The number of hydrogen-bond acceptors (Lipinski definition) is 5. The van der Waals surface area contributed by atoms with Crippen LogP contribution in [0.5, 0.6) is 5.75 Å². The lowest BCUT2D eigenvalue weighted by molar-refractivity contribution is -0.384. The van der Waals surface area contributed by atoms with E-state index < -0.39 is 4.92 Å². The van der Waals surface area contributed by atoms with Gasteiger partial charge in [0.25, 0.3) is 5.69 Å². The summed E-state index contributed by atoms with van der Waals surface area (Å²) in [7, 11) is 0. The molecule has 0 fully saturated rings. The molecule has 0 aliphatic carbocycles. The van der Waals surface area contributed by atoms with Gasteiger partial charge in [0.2, 0.25) is 0 Å². The molecule has 6 nitrogen and oxygen atoms in total. The van der Waals surface area contributed by atoms with Crippen LogP contribution in [-0.4, -0.2) is 23.9 Å². The van der Waals surface area contributed by atoms with Gasteiger partial charge < -0.3 is 10.1 Å². The number of Topliss-reactive ketones (excluding diaryl/α,β-unsaturated/α-hetero) is 1. The van der Waals surface area contributed by atoms with Gasteiger partial charge in [-0.15, -0.1) is 0 Å². The Labute approximate surface area is 134 Å². The average Bonchev–Trinajstić information content (AvgIpc) is 2.54. The maximum Gasteiger partial charge on any atom is 0.296 e. The number of nitrogens with zero attached hydrogens (tertiary/aromatic N) is 1. The SMILES string of the molecule is CCOc1ccc(NCC(=O)c2ccc(C)cc2)c([N+](=O)[O-])c1. The summed E-state index contributed by atoms with van der Waals surface area (Å²) >= 11 is 0. The van der Waals surface area contributed by atoms with Gasteiger partial charge in [-0.2, -0.15) is 0 Å². The van der Waals surface area contributed by atoms with Crippen molar-refractivity contribution in [2.24, 2.45) is 0 Å². The Morgan fingerprint density at radius 3 is 2.52 bits per heavy atom. The number of rotatable bonds is 7.